The highest BCUT2D eigenvalue weighted by Crippen LogP contribution is 2.51. The quantitative estimate of drug-likeness (QED) is 0.364. The second-order valence-electron chi connectivity index (χ2n) is 9.57. The van der Waals surface area contributed by atoms with Gasteiger partial charge in [0.15, 0.2) is 11.8 Å². The lowest BCUT2D eigenvalue weighted by Crippen LogP contribution is -2.33. The predicted octanol–water partition coefficient (Wildman–Crippen LogP) is 6.06. The van der Waals surface area contributed by atoms with Crippen LogP contribution in [0.25, 0.3) is 33.3 Å². The molecule has 1 aromatic carbocycles. The summed E-state index contributed by atoms with van der Waals surface area (Å²) in [6, 6.07) is 7.65. The van der Waals surface area contributed by atoms with Crippen molar-refractivity contribution in [3.8, 4) is 11.3 Å². The monoisotopic (exact) mass is 400 g/mol. The Labute approximate surface area is 182 Å². The zero-order chi connectivity index (χ0) is 23.1. The van der Waals surface area contributed by atoms with Gasteiger partial charge in [-0.2, -0.15) is 0 Å². The highest BCUT2D eigenvalue weighted by atomic mass is 16.3. The van der Waals surface area contributed by atoms with E-state index in [1.54, 1.807) is 6.07 Å². The summed E-state index contributed by atoms with van der Waals surface area (Å²) in [6.45, 7) is 2.12. The zero-order valence-corrected chi connectivity index (χ0v) is 17.9. The first-order chi connectivity index (χ1) is 15.7. The Morgan fingerprint density at radius 1 is 1.00 bits per heavy atom. The first kappa shape index (κ1) is 15.2. The molecule has 3 heterocycles. The molecule has 0 N–H and O–H groups in total. The normalized spacial score (nSPS) is 19.4. The third-order valence-electron chi connectivity index (χ3n) is 7.59. The van der Waals surface area contributed by atoms with Crippen molar-refractivity contribution in [3.05, 3.63) is 58.4 Å². The van der Waals surface area contributed by atoms with Gasteiger partial charge in [-0.15, -0.1) is 0 Å². The second-order valence-corrected chi connectivity index (χ2v) is 9.57. The van der Waals surface area contributed by atoms with Crippen LogP contribution in [0.2, 0.25) is 0 Å². The smallest absolute Gasteiger partial charge is 0.227 e. The van der Waals surface area contributed by atoms with Gasteiger partial charge in [0, 0.05) is 31.7 Å². The number of benzene rings is 1. The summed E-state index contributed by atoms with van der Waals surface area (Å²) < 4.78 is 31.8. The lowest BCUT2D eigenvalue weighted by Gasteiger charge is -2.21. The molecule has 0 bridgehead atoms. The molecular formula is C27H29N2O+. The number of hydrogen-bond donors (Lipinski definition) is 0. The molecule has 1 saturated carbocycles. The molecule has 6 rings (SSSR count). The largest absolute Gasteiger partial charge is 0.437 e. The summed E-state index contributed by atoms with van der Waals surface area (Å²) >= 11 is 0. The number of nitrogens with zero attached hydrogens (tertiary/aromatic N) is 2. The Bertz CT molecular complexity index is 1440. The van der Waals surface area contributed by atoms with Crippen molar-refractivity contribution >= 4 is 22.1 Å². The molecule has 0 unspecified atom stereocenters. The van der Waals surface area contributed by atoms with Gasteiger partial charge >= 0.3 is 0 Å². The average Bonchev–Trinajstić information content (AvgIpc) is 3.46. The van der Waals surface area contributed by atoms with Gasteiger partial charge in [0.1, 0.15) is 7.05 Å². The molecule has 2 aliphatic rings. The topological polar surface area (TPSA) is 29.9 Å². The molecule has 152 valence electrons. The molecule has 3 heteroatoms. The molecule has 0 aliphatic heterocycles. The summed E-state index contributed by atoms with van der Waals surface area (Å²) in [5.41, 5.74) is 9.53. The van der Waals surface area contributed by atoms with Crippen molar-refractivity contribution in [1.29, 1.82) is 0 Å². The van der Waals surface area contributed by atoms with E-state index in [2.05, 4.69) is 48.8 Å². The molecule has 0 saturated heterocycles. The van der Waals surface area contributed by atoms with E-state index >= 15 is 0 Å². The van der Waals surface area contributed by atoms with E-state index in [0.717, 1.165) is 33.9 Å². The van der Waals surface area contributed by atoms with Crippen molar-refractivity contribution in [2.45, 2.75) is 59.2 Å². The van der Waals surface area contributed by atoms with Crippen LogP contribution in [0.15, 0.2) is 34.9 Å². The van der Waals surface area contributed by atoms with Gasteiger partial charge in [-0.1, -0.05) is 25.0 Å². The summed E-state index contributed by atoms with van der Waals surface area (Å²) in [5, 5.41) is 1.84. The molecule has 1 fully saturated rings. The van der Waals surface area contributed by atoms with Crippen LogP contribution in [-0.4, -0.2) is 4.98 Å². The third-order valence-corrected chi connectivity index (χ3v) is 7.59. The Balaban J connectivity index is 1.63. The molecule has 30 heavy (non-hydrogen) atoms. The molecular weight excluding hydrogens is 368 g/mol. The van der Waals surface area contributed by atoms with Crippen LogP contribution in [0.3, 0.4) is 0 Å². The minimum absolute atomic E-state index is 0.0669. The van der Waals surface area contributed by atoms with Gasteiger partial charge in [-0.05, 0) is 75.1 Å². The van der Waals surface area contributed by atoms with Gasteiger partial charge < -0.3 is 4.42 Å². The van der Waals surface area contributed by atoms with E-state index in [-0.39, 0.29) is 5.69 Å². The lowest BCUT2D eigenvalue weighted by atomic mass is 9.83. The number of aryl methyl sites for hydroxylation is 4. The van der Waals surface area contributed by atoms with E-state index < -0.39 is 6.85 Å². The van der Waals surface area contributed by atoms with E-state index in [4.69, 9.17) is 8.53 Å². The molecule has 3 nitrogen and oxygen atoms in total. The standard InChI is InChI=1S/C27H29N2O/c1-16-7-9-19-20-10-8-18(3)28-26(20)30-25(19)23(16)24-22-14-27(11-5-6-12-27)13-21(22)17(2)15-29(24)4/h7-10,15H,5-6,11-14H2,1-4H3/q+1/i3D3. The Morgan fingerprint density at radius 3 is 2.57 bits per heavy atom. The van der Waals surface area contributed by atoms with Gasteiger partial charge in [0.05, 0.1) is 5.56 Å². The second kappa shape index (κ2) is 6.16. The fourth-order valence-corrected chi connectivity index (χ4v) is 6.19. The minimum Gasteiger partial charge on any atom is -0.437 e. The molecule has 0 radical (unpaired) electrons. The van der Waals surface area contributed by atoms with Crippen LogP contribution in [0, 0.1) is 26.1 Å². The van der Waals surface area contributed by atoms with Gasteiger partial charge in [-0.25, -0.2) is 9.55 Å². The SMILES string of the molecule is [2H]C([2H])([2H])c1ccc2c(n1)oc1c(-c3c4c(c(C)c[n+]3C)CC3(CCCC3)C4)c(C)ccc12. The summed E-state index contributed by atoms with van der Waals surface area (Å²) in [7, 11) is 2.13. The highest BCUT2D eigenvalue weighted by molar-refractivity contribution is 6.09. The highest BCUT2D eigenvalue weighted by Gasteiger charge is 2.44. The van der Waals surface area contributed by atoms with Crippen LogP contribution in [0.5, 0.6) is 0 Å². The van der Waals surface area contributed by atoms with E-state index in [0.29, 0.717) is 11.1 Å². The van der Waals surface area contributed by atoms with E-state index in [1.807, 2.05) is 6.07 Å². The summed E-state index contributed by atoms with van der Waals surface area (Å²) in [4.78, 5) is 4.38. The van der Waals surface area contributed by atoms with Crippen molar-refractivity contribution < 1.29 is 13.1 Å². The van der Waals surface area contributed by atoms with Gasteiger partial charge in [0.2, 0.25) is 11.4 Å². The number of pyridine rings is 2. The van der Waals surface area contributed by atoms with Crippen molar-refractivity contribution in [3.63, 3.8) is 0 Å². The van der Waals surface area contributed by atoms with Crippen molar-refractivity contribution in [2.24, 2.45) is 12.5 Å². The van der Waals surface area contributed by atoms with E-state index in [1.165, 1.54) is 54.5 Å². The molecule has 0 amide bonds. The third kappa shape index (κ3) is 2.44. The maximum atomic E-state index is 7.73. The molecule has 0 atom stereocenters. The zero-order valence-electron chi connectivity index (χ0n) is 20.9. The van der Waals surface area contributed by atoms with Crippen LogP contribution >= 0.6 is 0 Å². The maximum Gasteiger partial charge on any atom is 0.227 e. The fraction of sp³-hybridized carbons (Fsp3) is 0.407. The Morgan fingerprint density at radius 2 is 1.77 bits per heavy atom. The fourth-order valence-electron chi connectivity index (χ4n) is 6.19. The van der Waals surface area contributed by atoms with E-state index in [9.17, 15) is 0 Å². The number of furan rings is 1. The molecule has 1 spiro atoms. The van der Waals surface area contributed by atoms with Crippen molar-refractivity contribution in [2.75, 3.05) is 0 Å². The predicted molar refractivity (Wildman–Crippen MR) is 121 cm³/mol. The molecule has 2 aliphatic carbocycles. The Hall–Kier alpha value is -2.68. The van der Waals surface area contributed by atoms with Crippen LogP contribution in [-0.2, 0) is 19.9 Å². The number of fused-ring (bicyclic) bond motifs is 4. The van der Waals surface area contributed by atoms with Crippen LogP contribution in [0.4, 0.5) is 0 Å². The van der Waals surface area contributed by atoms with Crippen LogP contribution in [0.1, 0.15) is 57.7 Å². The van der Waals surface area contributed by atoms with Gasteiger partial charge in [0.25, 0.3) is 0 Å². The number of hydrogen-bond acceptors (Lipinski definition) is 2. The van der Waals surface area contributed by atoms with Crippen LogP contribution < -0.4 is 4.57 Å². The van der Waals surface area contributed by atoms with Gasteiger partial charge in [-0.3, -0.25) is 0 Å². The lowest BCUT2D eigenvalue weighted by molar-refractivity contribution is -0.661. The number of rotatable bonds is 1. The van der Waals surface area contributed by atoms with Crippen molar-refractivity contribution in [1.82, 2.24) is 4.98 Å². The summed E-state index contributed by atoms with van der Waals surface area (Å²) in [6.07, 6.45) is 9.88. The minimum atomic E-state index is -2.26. The Kier molecular flexibility index (Phi) is 3.12. The first-order valence-electron chi connectivity index (χ1n) is 12.5. The number of aromatic nitrogens is 2. The summed E-state index contributed by atoms with van der Waals surface area (Å²) in [5.74, 6) is 0. The average molecular weight is 401 g/mol. The first-order valence-corrected chi connectivity index (χ1v) is 11.0. The molecule has 4 aromatic rings. The maximum absolute atomic E-state index is 7.73. The molecule has 3 aromatic heterocycles.